The van der Waals surface area contributed by atoms with Gasteiger partial charge in [-0.25, -0.2) is 0 Å². The van der Waals surface area contributed by atoms with Gasteiger partial charge in [-0.1, -0.05) is 18.5 Å². The van der Waals surface area contributed by atoms with E-state index >= 15 is 0 Å². The Morgan fingerprint density at radius 3 is 2.50 bits per heavy atom. The number of likely N-dealkylation sites (N-methyl/N-ethyl adjacent to an activating group) is 1. The van der Waals surface area contributed by atoms with E-state index < -0.39 is 5.97 Å². The van der Waals surface area contributed by atoms with Crippen LogP contribution >= 0.6 is 11.6 Å². The number of aliphatic carboxylic acids is 1. The van der Waals surface area contributed by atoms with Crippen molar-refractivity contribution in [3.8, 4) is 0 Å². The summed E-state index contributed by atoms with van der Waals surface area (Å²) >= 11 is 5.45. The average Bonchev–Trinajstić information content (AvgIpc) is 2.02. The van der Waals surface area contributed by atoms with Gasteiger partial charge in [0.2, 0.25) is 0 Å². The van der Waals surface area contributed by atoms with Crippen LogP contribution in [0.5, 0.6) is 0 Å². The van der Waals surface area contributed by atoms with Gasteiger partial charge in [-0.2, -0.15) is 0 Å². The summed E-state index contributed by atoms with van der Waals surface area (Å²) in [6.45, 7) is 5.20. The summed E-state index contributed by atoms with van der Waals surface area (Å²) in [4.78, 5) is 12.1. The van der Waals surface area contributed by atoms with Crippen LogP contribution in [0.3, 0.4) is 0 Å². The predicted molar refractivity (Wildman–Crippen MR) is 49.4 cm³/mol. The third kappa shape index (κ3) is 5.16. The third-order valence-electron chi connectivity index (χ3n) is 1.47. The summed E-state index contributed by atoms with van der Waals surface area (Å²) in [5.74, 6) is -0.806. The Labute approximate surface area is 77.6 Å². The number of rotatable bonds is 5. The van der Waals surface area contributed by atoms with E-state index in [4.69, 9.17) is 16.7 Å². The normalized spacial score (nSPS) is 12.2. The lowest BCUT2D eigenvalue weighted by Crippen LogP contribution is -2.30. The van der Waals surface area contributed by atoms with Crippen molar-refractivity contribution in [2.24, 2.45) is 0 Å². The molecule has 1 N–H and O–H groups in total. The topological polar surface area (TPSA) is 40.5 Å². The van der Waals surface area contributed by atoms with Crippen molar-refractivity contribution in [2.75, 3.05) is 19.6 Å². The molecule has 0 amide bonds. The maximum absolute atomic E-state index is 10.3. The highest BCUT2D eigenvalue weighted by molar-refractivity contribution is 6.25. The zero-order chi connectivity index (χ0) is 9.56. The first-order valence-electron chi connectivity index (χ1n) is 3.80. The molecule has 0 radical (unpaired) electrons. The quantitative estimate of drug-likeness (QED) is 0.717. The zero-order valence-electron chi connectivity index (χ0n) is 7.38. The smallest absolute Gasteiger partial charge is 0.317 e. The molecular weight excluding hydrogens is 178 g/mol. The molecule has 0 aromatic carbocycles. The lowest BCUT2D eigenvalue weighted by Gasteiger charge is -2.17. The molecule has 0 aliphatic carbocycles. The number of hydrogen-bond donors (Lipinski definition) is 1. The molecule has 3 nitrogen and oxygen atoms in total. The van der Waals surface area contributed by atoms with Crippen LogP contribution in [-0.4, -0.2) is 35.6 Å². The summed E-state index contributed by atoms with van der Waals surface area (Å²) in [6.07, 6.45) is 0. The minimum atomic E-state index is -0.806. The van der Waals surface area contributed by atoms with Crippen molar-refractivity contribution < 1.29 is 9.90 Å². The van der Waals surface area contributed by atoms with Crippen LogP contribution in [0.15, 0.2) is 11.1 Å². The number of nitrogens with zero attached hydrogens (tertiary/aromatic N) is 1. The fraction of sp³-hybridized carbons (Fsp3) is 0.625. The van der Waals surface area contributed by atoms with Gasteiger partial charge >= 0.3 is 5.97 Å². The van der Waals surface area contributed by atoms with Gasteiger partial charge in [-0.3, -0.25) is 9.69 Å². The van der Waals surface area contributed by atoms with E-state index in [-0.39, 0.29) is 6.54 Å². The van der Waals surface area contributed by atoms with E-state index in [1.807, 2.05) is 13.8 Å². The van der Waals surface area contributed by atoms with Crippen LogP contribution in [0.2, 0.25) is 0 Å². The highest BCUT2D eigenvalue weighted by Crippen LogP contribution is 1.99. The first-order valence-corrected chi connectivity index (χ1v) is 4.23. The molecule has 0 bridgehead atoms. The third-order valence-corrected chi connectivity index (χ3v) is 1.84. The number of halogens is 1. The molecule has 0 aliphatic rings. The van der Waals surface area contributed by atoms with Gasteiger partial charge in [0.1, 0.15) is 0 Å². The minimum absolute atomic E-state index is 0.0680. The van der Waals surface area contributed by atoms with Crippen LogP contribution in [0.4, 0.5) is 0 Å². The largest absolute Gasteiger partial charge is 0.480 e. The Hall–Kier alpha value is -0.540. The molecule has 0 aromatic heterocycles. The Morgan fingerprint density at radius 2 is 2.17 bits per heavy atom. The van der Waals surface area contributed by atoms with Gasteiger partial charge in [0.15, 0.2) is 0 Å². The molecule has 0 atom stereocenters. The van der Waals surface area contributed by atoms with Crippen molar-refractivity contribution in [3.63, 3.8) is 0 Å². The van der Waals surface area contributed by atoms with Crippen molar-refractivity contribution in [1.29, 1.82) is 0 Å². The highest BCUT2D eigenvalue weighted by atomic mass is 35.5. The Balaban J connectivity index is 3.91. The molecule has 0 aromatic rings. The van der Waals surface area contributed by atoms with Gasteiger partial charge in [0, 0.05) is 12.1 Å². The van der Waals surface area contributed by atoms with Gasteiger partial charge in [-0.15, -0.1) is 0 Å². The molecule has 0 saturated carbocycles. The molecule has 12 heavy (non-hydrogen) atoms. The first kappa shape index (κ1) is 11.5. The van der Waals surface area contributed by atoms with Crippen molar-refractivity contribution in [1.82, 2.24) is 4.90 Å². The summed E-state index contributed by atoms with van der Waals surface area (Å²) in [5, 5.41) is 8.51. The summed E-state index contributed by atoms with van der Waals surface area (Å²) in [6, 6.07) is 0. The molecule has 0 saturated heterocycles. The van der Waals surface area contributed by atoms with Crippen molar-refractivity contribution >= 4 is 17.6 Å². The monoisotopic (exact) mass is 191 g/mol. The predicted octanol–water partition coefficient (Wildman–Crippen LogP) is 1.54. The lowest BCUT2D eigenvalue weighted by molar-refractivity contribution is -0.138. The van der Waals surface area contributed by atoms with Crippen LogP contribution in [-0.2, 0) is 4.79 Å². The van der Waals surface area contributed by atoms with Crippen molar-refractivity contribution in [3.05, 3.63) is 11.1 Å². The minimum Gasteiger partial charge on any atom is -0.480 e. The van der Waals surface area contributed by atoms with E-state index in [0.29, 0.717) is 13.1 Å². The molecule has 0 spiro atoms. The summed E-state index contributed by atoms with van der Waals surface area (Å²) < 4.78 is 0. The maximum Gasteiger partial charge on any atom is 0.317 e. The van der Waals surface area contributed by atoms with E-state index in [2.05, 4.69) is 0 Å². The zero-order valence-corrected chi connectivity index (χ0v) is 8.14. The standard InChI is InChI=1S/C8H14ClNO2/c1-3-10(6-8(11)12)5-7(2)4-9/h4H,3,5-6H2,1-2H3,(H,11,12). The lowest BCUT2D eigenvalue weighted by atomic mass is 10.3. The Bertz CT molecular complexity index is 180. The second kappa shape index (κ2) is 6.03. The first-order chi connectivity index (χ1) is 5.60. The Kier molecular flexibility index (Phi) is 5.76. The molecule has 0 heterocycles. The molecule has 0 unspecified atom stereocenters. The van der Waals surface area contributed by atoms with Crippen LogP contribution in [0.1, 0.15) is 13.8 Å². The van der Waals surface area contributed by atoms with Gasteiger partial charge in [-0.05, 0) is 19.0 Å². The van der Waals surface area contributed by atoms with Gasteiger partial charge in [0.05, 0.1) is 6.54 Å². The van der Waals surface area contributed by atoms with Crippen molar-refractivity contribution in [2.45, 2.75) is 13.8 Å². The summed E-state index contributed by atoms with van der Waals surface area (Å²) in [7, 11) is 0. The van der Waals surface area contributed by atoms with E-state index in [1.165, 1.54) is 5.54 Å². The highest BCUT2D eigenvalue weighted by Gasteiger charge is 2.06. The molecule has 70 valence electrons. The maximum atomic E-state index is 10.3. The SMILES string of the molecule is CCN(CC(=O)O)CC(C)=CCl. The molecule has 0 fully saturated rings. The second-order valence-corrected chi connectivity index (χ2v) is 2.87. The molecular formula is C8H14ClNO2. The van der Waals surface area contributed by atoms with Gasteiger partial charge in [0.25, 0.3) is 0 Å². The van der Waals surface area contributed by atoms with E-state index in [1.54, 1.807) is 4.90 Å². The number of hydrogen-bond acceptors (Lipinski definition) is 2. The van der Waals surface area contributed by atoms with Crippen LogP contribution in [0.25, 0.3) is 0 Å². The average molecular weight is 192 g/mol. The van der Waals surface area contributed by atoms with Gasteiger partial charge < -0.3 is 5.11 Å². The molecule has 0 aliphatic heterocycles. The number of carbonyl (C=O) groups is 1. The number of carboxylic acids is 1. The van der Waals surface area contributed by atoms with E-state index in [0.717, 1.165) is 5.57 Å². The summed E-state index contributed by atoms with van der Waals surface area (Å²) in [5.41, 5.74) is 2.45. The molecule has 0 rings (SSSR count). The fourth-order valence-corrected chi connectivity index (χ4v) is 0.927. The fourth-order valence-electron chi connectivity index (χ4n) is 0.858. The van der Waals surface area contributed by atoms with Crippen LogP contribution < -0.4 is 0 Å². The second-order valence-electron chi connectivity index (χ2n) is 2.65. The van der Waals surface area contributed by atoms with Crippen LogP contribution in [0, 0.1) is 0 Å². The Morgan fingerprint density at radius 1 is 1.58 bits per heavy atom. The number of carboxylic acid groups (broad SMARTS) is 1. The van der Waals surface area contributed by atoms with E-state index in [9.17, 15) is 4.79 Å². The molecule has 4 heteroatoms.